The molecule has 0 unspecified atom stereocenters. The lowest BCUT2D eigenvalue weighted by molar-refractivity contribution is -0.384. The topological polar surface area (TPSA) is 111 Å². The average molecular weight is 261 g/mol. The molecule has 0 aliphatic carbocycles. The molecular weight excluding hydrogens is 250 g/mol. The largest absolute Gasteiger partial charge is 0.451 e. The maximum Gasteiger partial charge on any atom is 0.300 e. The van der Waals surface area contributed by atoms with E-state index in [0.29, 0.717) is 16.9 Å². The Hall–Kier alpha value is -2.67. The highest BCUT2D eigenvalue weighted by atomic mass is 16.6. The van der Waals surface area contributed by atoms with Crippen LogP contribution in [0.2, 0.25) is 0 Å². The first-order valence-electron chi connectivity index (χ1n) is 5.39. The highest BCUT2D eigenvalue weighted by Gasteiger charge is 2.14. The third-order valence-corrected chi connectivity index (χ3v) is 2.65. The second-order valence-electron chi connectivity index (χ2n) is 3.89. The molecule has 98 valence electrons. The Kier molecular flexibility index (Phi) is 3.30. The number of nitro benzene ring substituents is 1. The van der Waals surface area contributed by atoms with Crippen LogP contribution in [0, 0.1) is 17.0 Å². The molecule has 1 amide bonds. The van der Waals surface area contributed by atoms with E-state index in [-0.39, 0.29) is 11.4 Å². The van der Waals surface area contributed by atoms with E-state index in [9.17, 15) is 14.9 Å². The minimum Gasteiger partial charge on any atom is -0.451 e. The number of nitrogens with two attached hydrogens (primary N) is 1. The maximum atomic E-state index is 11.3. The van der Waals surface area contributed by atoms with Crippen molar-refractivity contribution in [2.45, 2.75) is 6.92 Å². The van der Waals surface area contributed by atoms with Crippen molar-refractivity contribution in [3.63, 3.8) is 0 Å². The van der Waals surface area contributed by atoms with Gasteiger partial charge in [0.1, 0.15) is 5.76 Å². The van der Waals surface area contributed by atoms with Crippen LogP contribution in [0.3, 0.4) is 0 Å². The van der Waals surface area contributed by atoms with Crippen LogP contribution in [0.5, 0.6) is 0 Å². The predicted octanol–water partition coefficient (Wildman–Crippen LogP) is 1.77. The smallest absolute Gasteiger partial charge is 0.300 e. The summed E-state index contributed by atoms with van der Waals surface area (Å²) in [6.07, 6.45) is 0. The zero-order valence-electron chi connectivity index (χ0n) is 10.0. The summed E-state index contributed by atoms with van der Waals surface area (Å²) in [7, 11) is 0. The van der Waals surface area contributed by atoms with Gasteiger partial charge in [-0.2, -0.15) is 0 Å². The van der Waals surface area contributed by atoms with Crippen LogP contribution >= 0.6 is 0 Å². The van der Waals surface area contributed by atoms with Crippen molar-refractivity contribution in [3.05, 3.63) is 51.8 Å². The number of hydrogen-bond donors (Lipinski definition) is 2. The van der Waals surface area contributed by atoms with Crippen LogP contribution < -0.4 is 11.3 Å². The van der Waals surface area contributed by atoms with Crippen molar-refractivity contribution in [2.24, 2.45) is 5.84 Å². The summed E-state index contributed by atoms with van der Waals surface area (Å²) in [4.78, 5) is 21.4. The molecule has 1 aromatic heterocycles. The van der Waals surface area contributed by atoms with Gasteiger partial charge in [-0.25, -0.2) is 5.84 Å². The van der Waals surface area contributed by atoms with Crippen molar-refractivity contribution in [1.82, 2.24) is 5.43 Å². The van der Waals surface area contributed by atoms with E-state index in [4.69, 9.17) is 10.3 Å². The summed E-state index contributed by atoms with van der Waals surface area (Å²) < 4.78 is 5.34. The summed E-state index contributed by atoms with van der Waals surface area (Å²) in [5, 5.41) is 10.6. The third-order valence-electron chi connectivity index (χ3n) is 2.65. The van der Waals surface area contributed by atoms with Gasteiger partial charge in [-0.1, -0.05) is 0 Å². The Morgan fingerprint density at radius 1 is 1.37 bits per heavy atom. The SMILES string of the molecule is Cc1cc([N+](=O)[O-])ccc1-c1ccc(C(=O)NN)o1. The van der Waals surface area contributed by atoms with E-state index in [1.54, 1.807) is 19.1 Å². The Balaban J connectivity index is 2.39. The van der Waals surface area contributed by atoms with Gasteiger partial charge in [-0.15, -0.1) is 0 Å². The summed E-state index contributed by atoms with van der Waals surface area (Å²) in [6.45, 7) is 1.73. The van der Waals surface area contributed by atoms with Crippen molar-refractivity contribution in [1.29, 1.82) is 0 Å². The van der Waals surface area contributed by atoms with Gasteiger partial charge in [-0.05, 0) is 30.7 Å². The number of hydrazine groups is 1. The molecule has 19 heavy (non-hydrogen) atoms. The molecule has 0 atom stereocenters. The van der Waals surface area contributed by atoms with Gasteiger partial charge in [0.05, 0.1) is 4.92 Å². The van der Waals surface area contributed by atoms with Crippen LogP contribution in [0.4, 0.5) is 5.69 Å². The lowest BCUT2D eigenvalue weighted by atomic mass is 10.1. The number of non-ortho nitro benzene ring substituents is 1. The molecule has 0 aliphatic rings. The van der Waals surface area contributed by atoms with Crippen LogP contribution in [-0.2, 0) is 0 Å². The highest BCUT2D eigenvalue weighted by Crippen LogP contribution is 2.28. The second-order valence-corrected chi connectivity index (χ2v) is 3.89. The van der Waals surface area contributed by atoms with E-state index < -0.39 is 10.8 Å². The van der Waals surface area contributed by atoms with Crippen LogP contribution in [0.15, 0.2) is 34.7 Å². The van der Waals surface area contributed by atoms with Crippen LogP contribution in [0.25, 0.3) is 11.3 Å². The third kappa shape index (κ3) is 2.45. The Labute approximate surface area is 108 Å². The monoisotopic (exact) mass is 261 g/mol. The molecule has 0 spiro atoms. The summed E-state index contributed by atoms with van der Waals surface area (Å²) in [5.74, 6) is 4.99. The lowest BCUT2D eigenvalue weighted by Crippen LogP contribution is -2.29. The number of nitrogens with zero attached hydrogens (tertiary/aromatic N) is 1. The molecule has 0 radical (unpaired) electrons. The Morgan fingerprint density at radius 3 is 2.68 bits per heavy atom. The van der Waals surface area contributed by atoms with E-state index in [0.717, 1.165) is 0 Å². The molecule has 0 saturated heterocycles. The summed E-state index contributed by atoms with van der Waals surface area (Å²) in [6, 6.07) is 7.50. The zero-order chi connectivity index (χ0) is 14.0. The summed E-state index contributed by atoms with van der Waals surface area (Å²) in [5.41, 5.74) is 3.34. The number of carbonyl (C=O) groups excluding carboxylic acids is 1. The second kappa shape index (κ2) is 4.91. The van der Waals surface area contributed by atoms with Crippen molar-refractivity contribution in [3.8, 4) is 11.3 Å². The first kappa shape index (κ1) is 12.8. The number of aryl methyl sites for hydroxylation is 1. The molecule has 0 fully saturated rings. The number of nitrogen functional groups attached to an aromatic ring is 1. The maximum absolute atomic E-state index is 11.3. The minimum absolute atomic E-state index is 0.00716. The normalized spacial score (nSPS) is 10.2. The minimum atomic E-state index is -0.536. The number of amides is 1. The number of benzene rings is 1. The van der Waals surface area contributed by atoms with E-state index in [2.05, 4.69) is 0 Å². The van der Waals surface area contributed by atoms with Gasteiger partial charge in [0.15, 0.2) is 5.76 Å². The molecule has 7 heteroatoms. The zero-order valence-corrected chi connectivity index (χ0v) is 10.0. The van der Waals surface area contributed by atoms with Gasteiger partial charge in [0.2, 0.25) is 0 Å². The molecule has 2 rings (SSSR count). The number of hydrogen-bond acceptors (Lipinski definition) is 5. The van der Waals surface area contributed by atoms with Crippen LogP contribution in [0.1, 0.15) is 16.1 Å². The fourth-order valence-corrected chi connectivity index (χ4v) is 1.71. The number of carbonyl (C=O) groups is 1. The van der Waals surface area contributed by atoms with E-state index in [1.807, 2.05) is 5.43 Å². The fourth-order valence-electron chi connectivity index (χ4n) is 1.71. The van der Waals surface area contributed by atoms with Crippen molar-refractivity contribution in [2.75, 3.05) is 0 Å². The number of nitro groups is 1. The van der Waals surface area contributed by atoms with E-state index in [1.165, 1.54) is 18.2 Å². The van der Waals surface area contributed by atoms with Gasteiger partial charge >= 0.3 is 5.91 Å². The molecule has 0 bridgehead atoms. The Morgan fingerprint density at radius 2 is 2.11 bits per heavy atom. The molecule has 2 aromatic rings. The Bertz CT molecular complexity index is 648. The highest BCUT2D eigenvalue weighted by molar-refractivity contribution is 5.91. The lowest BCUT2D eigenvalue weighted by Gasteiger charge is -2.02. The average Bonchev–Trinajstić information content (AvgIpc) is 2.87. The summed E-state index contributed by atoms with van der Waals surface area (Å²) >= 11 is 0. The number of nitrogens with one attached hydrogen (secondary N) is 1. The molecule has 7 nitrogen and oxygen atoms in total. The molecule has 0 saturated carbocycles. The standard InChI is InChI=1S/C12H11N3O4/c1-7-6-8(15(17)18)2-3-9(7)10-4-5-11(19-10)12(16)14-13/h2-6H,13H2,1H3,(H,14,16). The van der Waals surface area contributed by atoms with Crippen molar-refractivity contribution < 1.29 is 14.1 Å². The van der Waals surface area contributed by atoms with Gasteiger partial charge in [0.25, 0.3) is 5.69 Å². The van der Waals surface area contributed by atoms with Crippen molar-refractivity contribution >= 4 is 11.6 Å². The molecule has 3 N–H and O–H groups in total. The van der Waals surface area contributed by atoms with E-state index >= 15 is 0 Å². The van der Waals surface area contributed by atoms with Crippen LogP contribution in [-0.4, -0.2) is 10.8 Å². The molecule has 1 aromatic carbocycles. The first-order valence-corrected chi connectivity index (χ1v) is 5.39. The number of rotatable bonds is 3. The van der Waals surface area contributed by atoms with Gasteiger partial charge in [0, 0.05) is 17.7 Å². The van der Waals surface area contributed by atoms with Gasteiger partial charge < -0.3 is 4.42 Å². The van der Waals surface area contributed by atoms with Gasteiger partial charge in [-0.3, -0.25) is 20.3 Å². The predicted molar refractivity (Wildman–Crippen MR) is 67.2 cm³/mol. The molecular formula is C12H11N3O4. The molecule has 1 heterocycles. The number of furan rings is 1. The molecule has 0 aliphatic heterocycles. The fraction of sp³-hybridized carbons (Fsp3) is 0.0833. The first-order chi connectivity index (χ1) is 9.02. The quantitative estimate of drug-likeness (QED) is 0.378.